The number of carbonyl (C=O) groups excluding carboxylic acids is 1. The van der Waals surface area contributed by atoms with Crippen LogP contribution < -0.4 is 4.90 Å². The SMILES string of the molecule is CC1CN(C(=O)n2ccnc2)c2ccccc2S1. The molecule has 0 aliphatic carbocycles. The Bertz CT molecular complexity index is 567. The second-order valence-corrected chi connectivity index (χ2v) is 5.74. The minimum absolute atomic E-state index is 0.0490. The van der Waals surface area contributed by atoms with E-state index in [1.165, 1.54) is 10.9 Å². The van der Waals surface area contributed by atoms with Gasteiger partial charge in [-0.1, -0.05) is 19.1 Å². The molecule has 2 aromatic rings. The molecule has 0 bridgehead atoms. The van der Waals surface area contributed by atoms with Gasteiger partial charge in [0.1, 0.15) is 6.33 Å². The van der Waals surface area contributed by atoms with Gasteiger partial charge in [0.25, 0.3) is 0 Å². The molecular formula is C13H13N3OS. The highest BCUT2D eigenvalue weighted by molar-refractivity contribution is 8.00. The highest BCUT2D eigenvalue weighted by atomic mass is 32.2. The molecule has 1 unspecified atom stereocenters. The third-order valence-electron chi connectivity index (χ3n) is 2.88. The number of nitrogens with zero attached hydrogens (tertiary/aromatic N) is 3. The van der Waals surface area contributed by atoms with Crippen molar-refractivity contribution in [3.8, 4) is 0 Å². The largest absolute Gasteiger partial charge is 0.333 e. The van der Waals surface area contributed by atoms with Gasteiger partial charge in [-0.3, -0.25) is 9.47 Å². The first kappa shape index (κ1) is 11.3. The van der Waals surface area contributed by atoms with E-state index in [4.69, 9.17) is 0 Å². The van der Waals surface area contributed by atoms with Gasteiger partial charge in [-0.15, -0.1) is 11.8 Å². The zero-order chi connectivity index (χ0) is 12.5. The summed E-state index contributed by atoms with van der Waals surface area (Å²) in [5, 5.41) is 0.396. The van der Waals surface area contributed by atoms with Crippen LogP contribution in [0.3, 0.4) is 0 Å². The Balaban J connectivity index is 2.00. The first-order valence-corrected chi connectivity index (χ1v) is 6.69. The summed E-state index contributed by atoms with van der Waals surface area (Å²) in [6.45, 7) is 2.85. The predicted molar refractivity (Wildman–Crippen MR) is 72.1 cm³/mol. The van der Waals surface area contributed by atoms with Gasteiger partial charge < -0.3 is 0 Å². The van der Waals surface area contributed by atoms with E-state index in [9.17, 15) is 4.79 Å². The van der Waals surface area contributed by atoms with E-state index in [1.807, 2.05) is 34.9 Å². The lowest BCUT2D eigenvalue weighted by Gasteiger charge is -2.32. The zero-order valence-corrected chi connectivity index (χ0v) is 10.8. The van der Waals surface area contributed by atoms with E-state index in [0.29, 0.717) is 5.25 Å². The fraction of sp³-hybridized carbons (Fsp3) is 0.231. The number of hydrogen-bond acceptors (Lipinski definition) is 3. The van der Waals surface area contributed by atoms with Crippen LogP contribution >= 0.6 is 11.8 Å². The predicted octanol–water partition coefficient (Wildman–Crippen LogP) is 2.85. The van der Waals surface area contributed by atoms with E-state index < -0.39 is 0 Å². The van der Waals surface area contributed by atoms with E-state index in [2.05, 4.69) is 18.0 Å². The van der Waals surface area contributed by atoms with Crippen molar-refractivity contribution in [3.05, 3.63) is 43.0 Å². The molecule has 1 aromatic heterocycles. The van der Waals surface area contributed by atoms with Gasteiger partial charge in [0.2, 0.25) is 0 Å². The third kappa shape index (κ3) is 1.90. The Morgan fingerprint density at radius 2 is 2.28 bits per heavy atom. The van der Waals surface area contributed by atoms with Crippen molar-refractivity contribution in [2.75, 3.05) is 11.4 Å². The third-order valence-corrected chi connectivity index (χ3v) is 4.03. The minimum atomic E-state index is -0.0490. The lowest BCUT2D eigenvalue weighted by Crippen LogP contribution is -2.40. The monoisotopic (exact) mass is 259 g/mol. The van der Waals surface area contributed by atoms with Gasteiger partial charge in [-0.05, 0) is 12.1 Å². The summed E-state index contributed by atoms with van der Waals surface area (Å²) in [6.07, 6.45) is 4.83. The molecule has 0 saturated heterocycles. The Morgan fingerprint density at radius 1 is 1.44 bits per heavy atom. The maximum Gasteiger partial charge on any atom is 0.333 e. The Morgan fingerprint density at radius 3 is 3.06 bits per heavy atom. The fourth-order valence-electron chi connectivity index (χ4n) is 2.08. The van der Waals surface area contributed by atoms with Gasteiger partial charge in [-0.2, -0.15) is 0 Å². The average molecular weight is 259 g/mol. The maximum atomic E-state index is 12.4. The molecule has 0 saturated carbocycles. The number of benzene rings is 1. The van der Waals surface area contributed by atoms with E-state index in [-0.39, 0.29) is 6.03 Å². The lowest BCUT2D eigenvalue weighted by molar-refractivity contribution is 0.247. The highest BCUT2D eigenvalue weighted by Crippen LogP contribution is 2.38. The van der Waals surface area contributed by atoms with Crippen LogP contribution in [0.1, 0.15) is 6.92 Å². The molecule has 1 atom stereocenters. The van der Waals surface area contributed by atoms with Crippen LogP contribution in [0.15, 0.2) is 47.9 Å². The molecule has 18 heavy (non-hydrogen) atoms. The molecule has 0 spiro atoms. The second kappa shape index (κ2) is 4.49. The number of para-hydroxylation sites is 1. The number of aromatic nitrogens is 2. The van der Waals surface area contributed by atoms with Crippen LogP contribution in [0.5, 0.6) is 0 Å². The molecule has 5 heteroatoms. The minimum Gasteiger partial charge on any atom is -0.291 e. The molecule has 1 aromatic carbocycles. The van der Waals surface area contributed by atoms with Crippen LogP contribution in [-0.2, 0) is 0 Å². The zero-order valence-electron chi connectivity index (χ0n) is 9.98. The van der Waals surface area contributed by atoms with Gasteiger partial charge in [0, 0.05) is 29.1 Å². The summed E-state index contributed by atoms with van der Waals surface area (Å²) in [4.78, 5) is 19.3. The standard InChI is InChI=1S/C13H13N3OS/c1-10-8-16(13(17)15-7-6-14-9-15)11-4-2-3-5-12(11)18-10/h2-7,9-10H,8H2,1H3. The van der Waals surface area contributed by atoms with Crippen LogP contribution in [0.4, 0.5) is 10.5 Å². The first-order chi connectivity index (χ1) is 8.75. The van der Waals surface area contributed by atoms with E-state index in [0.717, 1.165) is 17.1 Å². The molecule has 1 aliphatic rings. The van der Waals surface area contributed by atoms with Crippen molar-refractivity contribution in [2.24, 2.45) is 0 Å². The molecular weight excluding hydrogens is 246 g/mol. The summed E-state index contributed by atoms with van der Waals surface area (Å²) < 4.78 is 1.51. The van der Waals surface area contributed by atoms with Gasteiger partial charge in [0.05, 0.1) is 5.69 Å². The summed E-state index contributed by atoms with van der Waals surface area (Å²) in [5.41, 5.74) is 0.985. The van der Waals surface area contributed by atoms with Crippen LogP contribution in [0.25, 0.3) is 0 Å². The molecule has 2 heterocycles. The van der Waals surface area contributed by atoms with Crippen molar-refractivity contribution in [2.45, 2.75) is 17.1 Å². The van der Waals surface area contributed by atoms with Crippen molar-refractivity contribution in [1.29, 1.82) is 0 Å². The number of amides is 1. The quantitative estimate of drug-likeness (QED) is 0.730. The lowest BCUT2D eigenvalue weighted by atomic mass is 10.2. The van der Waals surface area contributed by atoms with E-state index >= 15 is 0 Å². The van der Waals surface area contributed by atoms with E-state index in [1.54, 1.807) is 12.4 Å². The number of thioether (sulfide) groups is 1. The van der Waals surface area contributed by atoms with Crippen molar-refractivity contribution >= 4 is 23.5 Å². The Kier molecular flexibility index (Phi) is 2.83. The van der Waals surface area contributed by atoms with Crippen molar-refractivity contribution in [1.82, 2.24) is 9.55 Å². The summed E-state index contributed by atoms with van der Waals surface area (Å²) in [6, 6.07) is 7.97. The van der Waals surface area contributed by atoms with Crippen LogP contribution in [0, 0.1) is 0 Å². The number of hydrogen-bond donors (Lipinski definition) is 0. The number of fused-ring (bicyclic) bond motifs is 1. The number of anilines is 1. The fourth-order valence-corrected chi connectivity index (χ4v) is 3.20. The van der Waals surface area contributed by atoms with Gasteiger partial charge in [-0.25, -0.2) is 9.78 Å². The van der Waals surface area contributed by atoms with Crippen LogP contribution in [-0.4, -0.2) is 27.4 Å². The molecule has 1 aliphatic heterocycles. The normalized spacial score (nSPS) is 18.5. The summed E-state index contributed by atoms with van der Waals surface area (Å²) >= 11 is 1.81. The van der Waals surface area contributed by atoms with Crippen LogP contribution in [0.2, 0.25) is 0 Å². The molecule has 92 valence electrons. The number of imidazole rings is 1. The maximum absolute atomic E-state index is 12.4. The van der Waals surface area contributed by atoms with Crippen molar-refractivity contribution in [3.63, 3.8) is 0 Å². The summed E-state index contributed by atoms with van der Waals surface area (Å²) in [7, 11) is 0. The second-order valence-electron chi connectivity index (χ2n) is 4.26. The first-order valence-electron chi connectivity index (χ1n) is 5.81. The molecule has 0 radical (unpaired) electrons. The Hall–Kier alpha value is -1.75. The smallest absolute Gasteiger partial charge is 0.291 e. The molecule has 3 rings (SSSR count). The average Bonchev–Trinajstić information content (AvgIpc) is 2.90. The topological polar surface area (TPSA) is 38.1 Å². The van der Waals surface area contributed by atoms with Gasteiger partial charge in [0.15, 0.2) is 0 Å². The molecule has 0 fully saturated rings. The van der Waals surface area contributed by atoms with Crippen molar-refractivity contribution < 1.29 is 4.79 Å². The molecule has 1 amide bonds. The number of carbonyl (C=O) groups is 1. The highest BCUT2D eigenvalue weighted by Gasteiger charge is 2.27. The van der Waals surface area contributed by atoms with Gasteiger partial charge >= 0.3 is 6.03 Å². The molecule has 0 N–H and O–H groups in total. The summed E-state index contributed by atoms with van der Waals surface area (Å²) in [5.74, 6) is 0. The Labute approximate surface area is 110 Å². The molecule has 4 nitrogen and oxygen atoms in total. The number of rotatable bonds is 0.